The molecule has 2 aliphatic heterocycles. The van der Waals surface area contributed by atoms with Crippen LogP contribution >= 0.6 is 0 Å². The highest BCUT2D eigenvalue weighted by atomic mass is 16.5. The SMILES string of the molecule is COc1ccc(CC(=O)N2CCC3(CCNCC3)CC2)cc1. The van der Waals surface area contributed by atoms with E-state index in [2.05, 4.69) is 10.2 Å². The Balaban J connectivity index is 1.53. The van der Waals surface area contributed by atoms with Crippen molar-refractivity contribution in [2.75, 3.05) is 33.3 Å². The lowest BCUT2D eigenvalue weighted by atomic mass is 9.71. The number of carbonyl (C=O) groups is 1. The predicted molar refractivity (Wildman–Crippen MR) is 87.0 cm³/mol. The van der Waals surface area contributed by atoms with Crippen LogP contribution < -0.4 is 10.1 Å². The summed E-state index contributed by atoms with van der Waals surface area (Å²) in [6, 6.07) is 7.80. The third-order valence-electron chi connectivity index (χ3n) is 5.36. The van der Waals surface area contributed by atoms with E-state index in [-0.39, 0.29) is 5.91 Å². The molecule has 120 valence electrons. The summed E-state index contributed by atoms with van der Waals surface area (Å²) in [6.45, 7) is 4.13. The topological polar surface area (TPSA) is 41.6 Å². The van der Waals surface area contributed by atoms with E-state index in [0.717, 1.165) is 37.5 Å². The highest BCUT2D eigenvalue weighted by Gasteiger charge is 2.36. The summed E-state index contributed by atoms with van der Waals surface area (Å²) in [7, 11) is 1.66. The Labute approximate surface area is 132 Å². The van der Waals surface area contributed by atoms with E-state index in [1.807, 2.05) is 24.3 Å². The van der Waals surface area contributed by atoms with Gasteiger partial charge in [0.2, 0.25) is 5.91 Å². The van der Waals surface area contributed by atoms with Gasteiger partial charge in [-0.25, -0.2) is 0 Å². The van der Waals surface area contributed by atoms with Crippen LogP contribution in [0.1, 0.15) is 31.2 Å². The molecule has 22 heavy (non-hydrogen) atoms. The molecule has 0 unspecified atom stereocenters. The highest BCUT2D eigenvalue weighted by Crippen LogP contribution is 2.39. The average Bonchev–Trinajstić information content (AvgIpc) is 2.57. The van der Waals surface area contributed by atoms with Crippen molar-refractivity contribution in [3.05, 3.63) is 29.8 Å². The van der Waals surface area contributed by atoms with Gasteiger partial charge in [0.15, 0.2) is 0 Å². The summed E-state index contributed by atoms with van der Waals surface area (Å²) in [5, 5.41) is 3.44. The molecule has 1 spiro atoms. The molecule has 0 aliphatic carbocycles. The number of rotatable bonds is 3. The quantitative estimate of drug-likeness (QED) is 0.931. The minimum atomic E-state index is 0.258. The fraction of sp³-hybridized carbons (Fsp3) is 0.611. The molecule has 4 heteroatoms. The second-order valence-electron chi connectivity index (χ2n) is 6.66. The van der Waals surface area contributed by atoms with Crippen LogP contribution in [0.2, 0.25) is 0 Å². The summed E-state index contributed by atoms with van der Waals surface area (Å²) in [5.74, 6) is 1.09. The van der Waals surface area contributed by atoms with Gasteiger partial charge in [0.05, 0.1) is 13.5 Å². The number of nitrogens with zero attached hydrogens (tertiary/aromatic N) is 1. The Morgan fingerprint density at radius 3 is 2.36 bits per heavy atom. The number of piperidine rings is 2. The monoisotopic (exact) mass is 302 g/mol. The Morgan fingerprint density at radius 2 is 1.77 bits per heavy atom. The number of methoxy groups -OCH3 is 1. The molecule has 1 amide bonds. The first-order chi connectivity index (χ1) is 10.7. The molecule has 1 aromatic rings. The molecular weight excluding hydrogens is 276 g/mol. The van der Waals surface area contributed by atoms with Crippen molar-refractivity contribution in [2.24, 2.45) is 5.41 Å². The van der Waals surface area contributed by atoms with E-state index in [1.165, 1.54) is 25.7 Å². The van der Waals surface area contributed by atoms with Gasteiger partial charge in [-0.2, -0.15) is 0 Å². The standard InChI is InChI=1S/C18H26N2O2/c1-22-16-4-2-15(3-5-16)14-17(21)20-12-8-18(9-13-20)6-10-19-11-7-18/h2-5,19H,6-14H2,1H3. The van der Waals surface area contributed by atoms with Gasteiger partial charge in [-0.15, -0.1) is 0 Å². The zero-order valence-corrected chi connectivity index (χ0v) is 13.4. The molecule has 1 aromatic carbocycles. The Kier molecular flexibility index (Phi) is 4.67. The number of ether oxygens (including phenoxy) is 1. The van der Waals surface area contributed by atoms with Crippen molar-refractivity contribution in [1.29, 1.82) is 0 Å². The van der Waals surface area contributed by atoms with Gasteiger partial charge >= 0.3 is 0 Å². The first-order valence-electron chi connectivity index (χ1n) is 8.32. The van der Waals surface area contributed by atoms with Crippen LogP contribution in [0.5, 0.6) is 5.75 Å². The largest absolute Gasteiger partial charge is 0.497 e. The second kappa shape index (κ2) is 6.69. The molecule has 1 N–H and O–H groups in total. The van der Waals surface area contributed by atoms with E-state index in [4.69, 9.17) is 4.74 Å². The van der Waals surface area contributed by atoms with Gasteiger partial charge in [-0.3, -0.25) is 4.79 Å². The van der Waals surface area contributed by atoms with Gasteiger partial charge in [0, 0.05) is 13.1 Å². The maximum Gasteiger partial charge on any atom is 0.226 e. The van der Waals surface area contributed by atoms with Crippen LogP contribution in [0, 0.1) is 5.41 Å². The number of nitrogens with one attached hydrogen (secondary N) is 1. The summed E-state index contributed by atoms with van der Waals surface area (Å²) < 4.78 is 5.15. The molecule has 3 rings (SSSR count). The lowest BCUT2D eigenvalue weighted by molar-refractivity contribution is -0.133. The lowest BCUT2D eigenvalue weighted by Crippen LogP contribution is -2.47. The third-order valence-corrected chi connectivity index (χ3v) is 5.36. The molecule has 0 aromatic heterocycles. The highest BCUT2D eigenvalue weighted by molar-refractivity contribution is 5.78. The minimum Gasteiger partial charge on any atom is -0.497 e. The Hall–Kier alpha value is -1.55. The van der Waals surface area contributed by atoms with Crippen LogP contribution in [-0.2, 0) is 11.2 Å². The van der Waals surface area contributed by atoms with Gasteiger partial charge in [0.25, 0.3) is 0 Å². The van der Waals surface area contributed by atoms with E-state index in [1.54, 1.807) is 7.11 Å². The van der Waals surface area contributed by atoms with Crippen LogP contribution in [0.25, 0.3) is 0 Å². The maximum absolute atomic E-state index is 12.5. The normalized spacial score (nSPS) is 20.9. The van der Waals surface area contributed by atoms with Gasteiger partial charge in [-0.05, 0) is 61.9 Å². The molecule has 2 heterocycles. The minimum absolute atomic E-state index is 0.258. The van der Waals surface area contributed by atoms with E-state index in [0.29, 0.717) is 11.8 Å². The van der Waals surface area contributed by atoms with Crippen molar-refractivity contribution in [2.45, 2.75) is 32.1 Å². The van der Waals surface area contributed by atoms with E-state index < -0.39 is 0 Å². The molecular formula is C18H26N2O2. The fourth-order valence-electron chi connectivity index (χ4n) is 3.72. The number of carbonyl (C=O) groups excluding carboxylic acids is 1. The summed E-state index contributed by atoms with van der Waals surface area (Å²) in [5.41, 5.74) is 1.57. The molecule has 0 atom stereocenters. The molecule has 2 fully saturated rings. The van der Waals surface area contributed by atoms with Crippen LogP contribution in [0.4, 0.5) is 0 Å². The second-order valence-corrected chi connectivity index (χ2v) is 6.66. The Morgan fingerprint density at radius 1 is 1.14 bits per heavy atom. The van der Waals surface area contributed by atoms with Crippen molar-refractivity contribution < 1.29 is 9.53 Å². The van der Waals surface area contributed by atoms with Crippen molar-refractivity contribution in [1.82, 2.24) is 10.2 Å². The third kappa shape index (κ3) is 3.43. The first-order valence-corrected chi connectivity index (χ1v) is 8.32. The number of hydrogen-bond acceptors (Lipinski definition) is 3. The smallest absolute Gasteiger partial charge is 0.226 e. The molecule has 4 nitrogen and oxygen atoms in total. The molecule has 0 radical (unpaired) electrons. The maximum atomic E-state index is 12.5. The zero-order chi connectivity index (χ0) is 15.4. The van der Waals surface area contributed by atoms with Crippen LogP contribution in [0.15, 0.2) is 24.3 Å². The van der Waals surface area contributed by atoms with Gasteiger partial charge < -0.3 is 15.0 Å². The molecule has 0 bridgehead atoms. The number of benzene rings is 1. The summed E-state index contributed by atoms with van der Waals surface area (Å²) in [4.78, 5) is 14.5. The zero-order valence-electron chi connectivity index (χ0n) is 13.4. The summed E-state index contributed by atoms with van der Waals surface area (Å²) >= 11 is 0. The number of likely N-dealkylation sites (tertiary alicyclic amines) is 1. The fourth-order valence-corrected chi connectivity index (χ4v) is 3.72. The van der Waals surface area contributed by atoms with Crippen LogP contribution in [-0.4, -0.2) is 44.1 Å². The number of amides is 1. The molecule has 2 saturated heterocycles. The number of hydrogen-bond donors (Lipinski definition) is 1. The Bertz CT molecular complexity index is 496. The lowest BCUT2D eigenvalue weighted by Gasteiger charge is -2.44. The molecule has 0 saturated carbocycles. The van der Waals surface area contributed by atoms with Gasteiger partial charge in [-0.1, -0.05) is 12.1 Å². The van der Waals surface area contributed by atoms with E-state index >= 15 is 0 Å². The summed E-state index contributed by atoms with van der Waals surface area (Å²) in [6.07, 6.45) is 5.38. The molecule has 2 aliphatic rings. The average molecular weight is 302 g/mol. The van der Waals surface area contributed by atoms with Crippen molar-refractivity contribution in [3.8, 4) is 5.75 Å². The van der Waals surface area contributed by atoms with Crippen molar-refractivity contribution in [3.63, 3.8) is 0 Å². The van der Waals surface area contributed by atoms with E-state index in [9.17, 15) is 4.79 Å². The van der Waals surface area contributed by atoms with Crippen LogP contribution in [0.3, 0.4) is 0 Å². The van der Waals surface area contributed by atoms with Gasteiger partial charge in [0.1, 0.15) is 5.75 Å². The predicted octanol–water partition coefficient (Wildman–Crippen LogP) is 2.23. The van der Waals surface area contributed by atoms with Crippen molar-refractivity contribution >= 4 is 5.91 Å². The first kappa shape index (κ1) is 15.3.